The van der Waals surface area contributed by atoms with Gasteiger partial charge in [0.2, 0.25) is 0 Å². The molecule has 2 rings (SSSR count). The van der Waals surface area contributed by atoms with Gasteiger partial charge in [0.15, 0.2) is 0 Å². The number of pyridine rings is 1. The lowest BCUT2D eigenvalue weighted by atomic mass is 10.1. The van der Waals surface area contributed by atoms with Gasteiger partial charge in [0.25, 0.3) is 0 Å². The van der Waals surface area contributed by atoms with Crippen molar-refractivity contribution >= 4 is 39.5 Å². The van der Waals surface area contributed by atoms with Crippen LogP contribution in [-0.4, -0.2) is 40.1 Å². The first-order valence-electron chi connectivity index (χ1n) is 6.32. The summed E-state index contributed by atoms with van der Waals surface area (Å²) in [4.78, 5) is 4.49. The lowest BCUT2D eigenvalue weighted by Crippen LogP contribution is -2.42. The third-order valence-electron chi connectivity index (χ3n) is 2.97. The van der Waals surface area contributed by atoms with Crippen molar-refractivity contribution in [2.24, 2.45) is 0 Å². The van der Waals surface area contributed by atoms with Crippen molar-refractivity contribution < 1.29 is 0 Å². The van der Waals surface area contributed by atoms with Crippen molar-refractivity contribution in [3.8, 4) is 0 Å². The highest BCUT2D eigenvalue weighted by Crippen LogP contribution is 2.27. The maximum atomic E-state index is 4.49. The van der Waals surface area contributed by atoms with Gasteiger partial charge in [0.1, 0.15) is 0 Å². The Balaban J connectivity index is 1.98. The summed E-state index contributed by atoms with van der Waals surface area (Å²) in [5.41, 5.74) is 1.18. The first-order chi connectivity index (χ1) is 8.79. The lowest BCUT2D eigenvalue weighted by molar-refractivity contribution is 0.517. The predicted molar refractivity (Wildman–Crippen MR) is 86.7 cm³/mol. The van der Waals surface area contributed by atoms with Gasteiger partial charge in [-0.3, -0.25) is 4.98 Å². The zero-order valence-electron chi connectivity index (χ0n) is 10.6. The topological polar surface area (TPSA) is 24.9 Å². The van der Waals surface area contributed by atoms with Gasteiger partial charge >= 0.3 is 0 Å². The van der Waals surface area contributed by atoms with Crippen LogP contribution in [0.25, 0.3) is 0 Å². The molecule has 0 amide bonds. The zero-order chi connectivity index (χ0) is 12.8. The molecule has 1 aliphatic heterocycles. The van der Waals surface area contributed by atoms with E-state index in [2.05, 4.69) is 68.8 Å². The summed E-state index contributed by atoms with van der Waals surface area (Å²) in [5, 5.41) is 4.35. The van der Waals surface area contributed by atoms with Gasteiger partial charge < -0.3 is 5.32 Å². The zero-order valence-corrected chi connectivity index (χ0v) is 13.8. The summed E-state index contributed by atoms with van der Waals surface area (Å²) < 4.78 is 1.05. The van der Waals surface area contributed by atoms with Crippen molar-refractivity contribution in [1.29, 1.82) is 0 Å². The number of likely N-dealkylation sites (N-methyl/N-ethyl adjacent to an activating group) is 1. The molecule has 2 nitrogen and oxygen atoms in total. The van der Waals surface area contributed by atoms with E-state index in [0.29, 0.717) is 11.3 Å². The van der Waals surface area contributed by atoms with Crippen LogP contribution in [0.15, 0.2) is 22.8 Å². The highest BCUT2D eigenvalue weighted by atomic mass is 79.9. The second kappa shape index (κ2) is 7.78. The van der Waals surface area contributed by atoms with Crippen molar-refractivity contribution in [2.45, 2.75) is 24.6 Å². The SMILES string of the molecule is CCNC(Cc1ccc(Br)cn1)C1CSCCS1. The molecule has 5 heteroatoms. The summed E-state index contributed by atoms with van der Waals surface area (Å²) in [5.74, 6) is 3.85. The molecule has 1 aromatic rings. The molecule has 1 N–H and O–H groups in total. The summed E-state index contributed by atoms with van der Waals surface area (Å²) in [6.07, 6.45) is 2.92. The second-order valence-electron chi connectivity index (χ2n) is 4.32. The summed E-state index contributed by atoms with van der Waals surface area (Å²) in [6.45, 7) is 3.21. The second-order valence-corrected chi connectivity index (χ2v) is 7.73. The average molecular weight is 347 g/mol. The van der Waals surface area contributed by atoms with Crippen LogP contribution in [0.1, 0.15) is 12.6 Å². The van der Waals surface area contributed by atoms with Crippen LogP contribution in [0.4, 0.5) is 0 Å². The molecule has 1 aliphatic rings. The van der Waals surface area contributed by atoms with E-state index in [1.54, 1.807) is 0 Å². The fourth-order valence-electron chi connectivity index (χ4n) is 2.09. The fourth-order valence-corrected chi connectivity index (χ4v) is 5.21. The van der Waals surface area contributed by atoms with E-state index in [1.165, 1.54) is 23.0 Å². The molecule has 0 aromatic carbocycles. The van der Waals surface area contributed by atoms with E-state index in [0.717, 1.165) is 17.4 Å². The van der Waals surface area contributed by atoms with E-state index in [1.807, 2.05) is 6.20 Å². The van der Waals surface area contributed by atoms with Gasteiger partial charge in [-0.2, -0.15) is 23.5 Å². The van der Waals surface area contributed by atoms with Crippen LogP contribution in [0, 0.1) is 0 Å². The first kappa shape index (κ1) is 14.7. The largest absolute Gasteiger partial charge is 0.313 e. The Bertz CT molecular complexity index is 353. The van der Waals surface area contributed by atoms with E-state index in [9.17, 15) is 0 Å². The first-order valence-corrected chi connectivity index (χ1v) is 9.32. The Morgan fingerprint density at radius 1 is 1.50 bits per heavy atom. The molecule has 0 saturated carbocycles. The number of nitrogens with one attached hydrogen (secondary N) is 1. The minimum atomic E-state index is 0.543. The van der Waals surface area contributed by atoms with Crippen molar-refractivity contribution in [3.05, 3.63) is 28.5 Å². The average Bonchev–Trinajstić information content (AvgIpc) is 2.42. The molecule has 1 saturated heterocycles. The fraction of sp³-hybridized carbons (Fsp3) is 0.615. The maximum Gasteiger partial charge on any atom is 0.0420 e. The number of thioether (sulfide) groups is 2. The van der Waals surface area contributed by atoms with E-state index in [4.69, 9.17) is 0 Å². The normalized spacial score (nSPS) is 21.8. The number of hydrogen-bond donors (Lipinski definition) is 1. The Morgan fingerprint density at radius 2 is 2.39 bits per heavy atom. The van der Waals surface area contributed by atoms with Gasteiger partial charge in [0, 0.05) is 51.3 Å². The van der Waals surface area contributed by atoms with Crippen molar-refractivity contribution in [3.63, 3.8) is 0 Å². The summed E-state index contributed by atoms with van der Waals surface area (Å²) >= 11 is 7.63. The minimum Gasteiger partial charge on any atom is -0.313 e. The van der Waals surface area contributed by atoms with Crippen molar-refractivity contribution in [2.75, 3.05) is 23.8 Å². The van der Waals surface area contributed by atoms with Crippen molar-refractivity contribution in [1.82, 2.24) is 10.3 Å². The van der Waals surface area contributed by atoms with Crippen LogP contribution < -0.4 is 5.32 Å². The van der Waals surface area contributed by atoms with E-state index >= 15 is 0 Å². The predicted octanol–water partition coefficient (Wildman–Crippen LogP) is 3.21. The molecular formula is C13H19BrN2S2. The number of rotatable bonds is 5. The van der Waals surface area contributed by atoms with Gasteiger partial charge in [-0.25, -0.2) is 0 Å². The number of aromatic nitrogens is 1. The lowest BCUT2D eigenvalue weighted by Gasteiger charge is -2.30. The number of halogens is 1. The molecule has 0 radical (unpaired) electrons. The van der Waals surface area contributed by atoms with Crippen LogP contribution in [-0.2, 0) is 6.42 Å². The standard InChI is InChI=1S/C13H19BrN2S2/c1-2-15-12(13-9-17-5-6-18-13)7-11-4-3-10(14)8-16-11/h3-4,8,12-13,15H,2,5-7,9H2,1H3. The molecule has 0 bridgehead atoms. The summed E-state index contributed by atoms with van der Waals surface area (Å²) in [7, 11) is 0. The third kappa shape index (κ3) is 4.44. The molecule has 1 aromatic heterocycles. The highest BCUT2D eigenvalue weighted by molar-refractivity contribution is 9.10. The quantitative estimate of drug-likeness (QED) is 0.884. The minimum absolute atomic E-state index is 0.543. The molecule has 100 valence electrons. The Labute approximate surface area is 126 Å². The van der Waals surface area contributed by atoms with E-state index in [-0.39, 0.29) is 0 Å². The molecule has 2 heterocycles. The van der Waals surface area contributed by atoms with E-state index < -0.39 is 0 Å². The van der Waals surface area contributed by atoms with Gasteiger partial charge in [-0.1, -0.05) is 6.92 Å². The van der Waals surface area contributed by atoms with Crippen LogP contribution in [0.5, 0.6) is 0 Å². The van der Waals surface area contributed by atoms with Gasteiger partial charge in [0.05, 0.1) is 0 Å². The monoisotopic (exact) mass is 346 g/mol. The van der Waals surface area contributed by atoms with Crippen LogP contribution in [0.2, 0.25) is 0 Å². The van der Waals surface area contributed by atoms with Gasteiger partial charge in [-0.15, -0.1) is 0 Å². The van der Waals surface area contributed by atoms with Crippen LogP contribution in [0.3, 0.4) is 0 Å². The Hall–Kier alpha value is 0.290. The molecule has 2 unspecified atom stereocenters. The highest BCUT2D eigenvalue weighted by Gasteiger charge is 2.24. The van der Waals surface area contributed by atoms with Crippen LogP contribution >= 0.6 is 39.5 Å². The summed E-state index contributed by atoms with van der Waals surface area (Å²) in [6, 6.07) is 4.74. The Kier molecular flexibility index (Phi) is 6.35. The molecule has 18 heavy (non-hydrogen) atoms. The Morgan fingerprint density at radius 3 is 3.00 bits per heavy atom. The maximum absolute atomic E-state index is 4.49. The molecule has 2 atom stereocenters. The number of nitrogens with zero attached hydrogens (tertiary/aromatic N) is 1. The molecule has 1 fully saturated rings. The smallest absolute Gasteiger partial charge is 0.0420 e. The van der Waals surface area contributed by atoms with Gasteiger partial charge in [-0.05, 0) is 34.6 Å². The molecular weight excluding hydrogens is 328 g/mol. The number of hydrogen-bond acceptors (Lipinski definition) is 4. The molecule has 0 spiro atoms. The third-order valence-corrected chi connectivity index (χ3v) is 6.36. The molecule has 0 aliphatic carbocycles.